The lowest BCUT2D eigenvalue weighted by atomic mass is 10.1. The standard InChI is InChI=1S/C15H15N3O5/c1-10(19)12(8-17-14(20)9-16(2)15(17)21)7-11-5-3-4-6-13(11)18(22)23/h3-7H,8-9H2,1-2H3/b12-7+. The van der Waals surface area contributed by atoms with Crippen LogP contribution >= 0.6 is 0 Å². The lowest BCUT2D eigenvalue weighted by Gasteiger charge is -2.15. The predicted molar refractivity (Wildman–Crippen MR) is 81.5 cm³/mol. The molecule has 1 aromatic carbocycles. The van der Waals surface area contributed by atoms with Crippen molar-refractivity contribution in [3.63, 3.8) is 0 Å². The van der Waals surface area contributed by atoms with Crippen LogP contribution in [0.1, 0.15) is 12.5 Å². The van der Waals surface area contributed by atoms with Gasteiger partial charge in [-0.2, -0.15) is 0 Å². The van der Waals surface area contributed by atoms with Crippen molar-refractivity contribution < 1.29 is 19.3 Å². The van der Waals surface area contributed by atoms with E-state index < -0.39 is 16.9 Å². The maximum Gasteiger partial charge on any atom is 0.327 e. The number of likely N-dealkylation sites (N-methyl/N-ethyl adjacent to an activating group) is 1. The van der Waals surface area contributed by atoms with Crippen LogP contribution < -0.4 is 0 Å². The Bertz CT molecular complexity index is 726. The van der Waals surface area contributed by atoms with E-state index in [1.807, 2.05) is 0 Å². The van der Waals surface area contributed by atoms with E-state index in [9.17, 15) is 24.5 Å². The van der Waals surface area contributed by atoms with Crippen LogP contribution in [0.2, 0.25) is 0 Å². The Kier molecular flexibility index (Phi) is 4.54. The fourth-order valence-corrected chi connectivity index (χ4v) is 2.22. The topological polar surface area (TPSA) is 101 Å². The summed E-state index contributed by atoms with van der Waals surface area (Å²) in [6.07, 6.45) is 1.35. The first-order valence-electron chi connectivity index (χ1n) is 6.81. The summed E-state index contributed by atoms with van der Waals surface area (Å²) in [5.41, 5.74) is 0.244. The Morgan fingerprint density at radius 2 is 2.00 bits per heavy atom. The summed E-state index contributed by atoms with van der Waals surface area (Å²) in [5, 5.41) is 11.0. The van der Waals surface area contributed by atoms with E-state index in [0.29, 0.717) is 0 Å². The van der Waals surface area contributed by atoms with E-state index in [0.717, 1.165) is 4.90 Å². The van der Waals surface area contributed by atoms with E-state index >= 15 is 0 Å². The molecule has 0 unspecified atom stereocenters. The van der Waals surface area contributed by atoms with Gasteiger partial charge >= 0.3 is 6.03 Å². The van der Waals surface area contributed by atoms with Crippen molar-refractivity contribution in [3.05, 3.63) is 45.5 Å². The zero-order valence-electron chi connectivity index (χ0n) is 12.7. The molecule has 0 aliphatic carbocycles. The SMILES string of the molecule is CC(=O)/C(=C/c1ccccc1[N+](=O)[O-])CN1C(=O)CN(C)C1=O. The molecule has 1 aliphatic rings. The number of amides is 3. The zero-order chi connectivity index (χ0) is 17.1. The molecule has 0 N–H and O–H groups in total. The van der Waals surface area contributed by atoms with Gasteiger partial charge in [-0.1, -0.05) is 12.1 Å². The molecule has 1 aliphatic heterocycles. The molecule has 8 nitrogen and oxygen atoms in total. The minimum absolute atomic E-state index is 0.0461. The van der Waals surface area contributed by atoms with Gasteiger partial charge in [0.2, 0.25) is 0 Å². The maximum atomic E-state index is 11.9. The van der Waals surface area contributed by atoms with Crippen molar-refractivity contribution in [1.29, 1.82) is 0 Å². The largest absolute Gasteiger partial charge is 0.327 e. The van der Waals surface area contributed by atoms with E-state index in [1.165, 1.54) is 43.1 Å². The summed E-state index contributed by atoms with van der Waals surface area (Å²) in [6.45, 7) is 1.04. The van der Waals surface area contributed by atoms with Gasteiger partial charge < -0.3 is 4.90 Å². The first-order chi connectivity index (χ1) is 10.8. The van der Waals surface area contributed by atoms with Crippen LogP contribution in [-0.4, -0.2) is 52.6 Å². The lowest BCUT2D eigenvalue weighted by Crippen LogP contribution is -2.34. The number of Topliss-reactive ketones (excluding diaryl/α,β-unsaturated/α-hetero) is 1. The number of carbonyl (C=O) groups is 3. The third kappa shape index (κ3) is 3.42. The third-order valence-corrected chi connectivity index (χ3v) is 3.47. The predicted octanol–water partition coefficient (Wildman–Crippen LogP) is 1.46. The van der Waals surface area contributed by atoms with Gasteiger partial charge in [0.25, 0.3) is 11.6 Å². The molecular weight excluding hydrogens is 302 g/mol. The first kappa shape index (κ1) is 16.3. The second-order valence-electron chi connectivity index (χ2n) is 5.16. The summed E-state index contributed by atoms with van der Waals surface area (Å²) in [6, 6.07) is 5.46. The molecule has 0 radical (unpaired) electrons. The van der Waals surface area contributed by atoms with E-state index in [2.05, 4.69) is 0 Å². The Balaban J connectivity index is 2.37. The van der Waals surface area contributed by atoms with Crippen LogP contribution in [0, 0.1) is 10.1 Å². The van der Waals surface area contributed by atoms with Gasteiger partial charge in [0.05, 0.1) is 17.0 Å². The van der Waals surface area contributed by atoms with Gasteiger partial charge in [-0.25, -0.2) is 4.79 Å². The van der Waals surface area contributed by atoms with Gasteiger partial charge in [-0.3, -0.25) is 24.6 Å². The van der Waals surface area contributed by atoms with Gasteiger partial charge in [0.15, 0.2) is 5.78 Å². The number of nitrogens with zero attached hydrogens (tertiary/aromatic N) is 3. The van der Waals surface area contributed by atoms with Crippen molar-refractivity contribution in [3.8, 4) is 0 Å². The maximum absolute atomic E-state index is 11.9. The Labute approximate surface area is 132 Å². The van der Waals surface area contributed by atoms with Gasteiger partial charge in [-0.15, -0.1) is 0 Å². The Morgan fingerprint density at radius 3 is 2.52 bits per heavy atom. The van der Waals surface area contributed by atoms with Crippen molar-refractivity contribution in [2.45, 2.75) is 6.92 Å². The molecule has 2 rings (SSSR count). The summed E-state index contributed by atoms with van der Waals surface area (Å²) in [4.78, 5) is 48.2. The fraction of sp³-hybridized carbons (Fsp3) is 0.267. The minimum Gasteiger partial charge on any atom is -0.318 e. The van der Waals surface area contributed by atoms with Crippen molar-refractivity contribution in [2.75, 3.05) is 20.1 Å². The molecule has 120 valence electrons. The summed E-state index contributed by atoms with van der Waals surface area (Å²) < 4.78 is 0. The molecule has 23 heavy (non-hydrogen) atoms. The molecular formula is C15H15N3O5. The zero-order valence-corrected chi connectivity index (χ0v) is 12.7. The molecule has 0 atom stereocenters. The average Bonchev–Trinajstić information content (AvgIpc) is 2.72. The molecule has 8 heteroatoms. The fourth-order valence-electron chi connectivity index (χ4n) is 2.22. The van der Waals surface area contributed by atoms with Crippen molar-refractivity contribution in [1.82, 2.24) is 9.80 Å². The number of benzene rings is 1. The quantitative estimate of drug-likeness (QED) is 0.354. The molecule has 0 saturated carbocycles. The molecule has 1 aromatic rings. The number of ketones is 1. The van der Waals surface area contributed by atoms with Crippen LogP contribution in [0.4, 0.5) is 10.5 Å². The lowest BCUT2D eigenvalue weighted by molar-refractivity contribution is -0.385. The van der Waals surface area contributed by atoms with E-state index in [4.69, 9.17) is 0 Å². The highest BCUT2D eigenvalue weighted by molar-refractivity contribution is 6.05. The number of carbonyl (C=O) groups excluding carboxylic acids is 3. The third-order valence-electron chi connectivity index (χ3n) is 3.47. The Morgan fingerprint density at radius 1 is 1.35 bits per heavy atom. The van der Waals surface area contributed by atoms with Gasteiger partial charge in [-0.05, 0) is 19.1 Å². The van der Waals surface area contributed by atoms with Gasteiger partial charge in [0.1, 0.15) is 6.54 Å². The molecule has 1 heterocycles. The highest BCUT2D eigenvalue weighted by Crippen LogP contribution is 2.22. The van der Waals surface area contributed by atoms with Crippen LogP contribution in [0.15, 0.2) is 29.8 Å². The average molecular weight is 317 g/mol. The molecule has 0 bridgehead atoms. The second-order valence-corrected chi connectivity index (χ2v) is 5.16. The number of rotatable bonds is 5. The van der Waals surface area contributed by atoms with Crippen molar-refractivity contribution in [2.24, 2.45) is 0 Å². The molecule has 0 aromatic heterocycles. The van der Waals surface area contributed by atoms with Crippen molar-refractivity contribution >= 4 is 29.5 Å². The normalized spacial score (nSPS) is 15.3. The number of imide groups is 1. The first-order valence-corrected chi connectivity index (χ1v) is 6.81. The number of nitro groups is 1. The highest BCUT2D eigenvalue weighted by Gasteiger charge is 2.34. The Hall–Kier alpha value is -3.03. The van der Waals surface area contributed by atoms with Crippen LogP contribution in [0.5, 0.6) is 0 Å². The number of urea groups is 1. The number of hydrogen-bond donors (Lipinski definition) is 0. The number of para-hydroxylation sites is 1. The summed E-state index contributed by atoms with van der Waals surface area (Å²) >= 11 is 0. The van der Waals surface area contributed by atoms with E-state index in [-0.39, 0.29) is 35.7 Å². The number of nitro benzene ring substituents is 1. The minimum atomic E-state index is -0.552. The monoisotopic (exact) mass is 317 g/mol. The van der Waals surface area contributed by atoms with Crippen LogP contribution in [-0.2, 0) is 9.59 Å². The second kappa shape index (κ2) is 6.39. The summed E-state index contributed by atoms with van der Waals surface area (Å²) in [5.74, 6) is -0.773. The van der Waals surface area contributed by atoms with Crippen LogP contribution in [0.25, 0.3) is 6.08 Å². The smallest absolute Gasteiger partial charge is 0.318 e. The van der Waals surface area contributed by atoms with Crippen LogP contribution in [0.3, 0.4) is 0 Å². The highest BCUT2D eigenvalue weighted by atomic mass is 16.6. The molecule has 3 amide bonds. The van der Waals surface area contributed by atoms with Gasteiger partial charge in [0, 0.05) is 18.7 Å². The molecule has 1 fully saturated rings. The van der Waals surface area contributed by atoms with E-state index in [1.54, 1.807) is 6.07 Å². The number of hydrogen-bond acceptors (Lipinski definition) is 5. The molecule has 0 spiro atoms. The molecule has 1 saturated heterocycles. The summed E-state index contributed by atoms with van der Waals surface area (Å²) in [7, 11) is 1.49.